The number of rotatable bonds is 12. The smallest absolute Gasteiger partial charge is 0.408 e. The summed E-state index contributed by atoms with van der Waals surface area (Å²) in [6.07, 6.45) is -1.04. The summed E-state index contributed by atoms with van der Waals surface area (Å²) in [6, 6.07) is 18.7. The van der Waals surface area contributed by atoms with Crippen molar-refractivity contribution in [2.45, 2.75) is 91.2 Å². The molecule has 0 radical (unpaired) electrons. The summed E-state index contributed by atoms with van der Waals surface area (Å²) < 4.78 is 21.6. The highest BCUT2D eigenvalue weighted by atomic mass is 16.6. The Morgan fingerprint density at radius 1 is 0.824 bits per heavy atom. The molecular weight excluding hydrogens is 656 g/mol. The van der Waals surface area contributed by atoms with Gasteiger partial charge in [0.05, 0.1) is 17.3 Å². The number of esters is 2. The van der Waals surface area contributed by atoms with Crippen molar-refractivity contribution in [3.8, 4) is 0 Å². The molecule has 0 bridgehead atoms. The molecule has 1 aromatic heterocycles. The minimum atomic E-state index is -1.30. The minimum absolute atomic E-state index is 0.0212. The highest BCUT2D eigenvalue weighted by Gasteiger charge is 2.31. The van der Waals surface area contributed by atoms with E-state index in [1.165, 1.54) is 6.07 Å². The number of aryl methyl sites for hydroxylation is 1. The Labute approximate surface area is 296 Å². The van der Waals surface area contributed by atoms with Gasteiger partial charge in [0.15, 0.2) is 0 Å². The van der Waals surface area contributed by atoms with E-state index in [4.69, 9.17) is 18.6 Å². The van der Waals surface area contributed by atoms with Crippen LogP contribution in [0.2, 0.25) is 0 Å². The number of fused-ring (bicyclic) bond motifs is 1. The van der Waals surface area contributed by atoms with Gasteiger partial charge in [-0.25, -0.2) is 14.4 Å². The number of aromatic nitrogens is 1. The number of carbonyl (C=O) groups is 4. The van der Waals surface area contributed by atoms with Crippen LogP contribution in [0.15, 0.2) is 82.0 Å². The quantitative estimate of drug-likeness (QED) is 0.120. The van der Waals surface area contributed by atoms with Crippen molar-refractivity contribution in [2.24, 2.45) is 0 Å². The third-order valence-electron chi connectivity index (χ3n) is 7.08. The van der Waals surface area contributed by atoms with Crippen molar-refractivity contribution in [3.05, 3.63) is 99.9 Å². The number of hydrogen-bond donors (Lipinski definition) is 3. The van der Waals surface area contributed by atoms with Gasteiger partial charge < -0.3 is 34.6 Å². The van der Waals surface area contributed by atoms with Gasteiger partial charge in [0.25, 0.3) is 6.01 Å². The van der Waals surface area contributed by atoms with E-state index in [-0.39, 0.29) is 35.6 Å². The monoisotopic (exact) mass is 700 g/mol. The third-order valence-corrected chi connectivity index (χ3v) is 7.08. The van der Waals surface area contributed by atoms with Gasteiger partial charge >= 0.3 is 23.7 Å². The molecular formula is C38H44N4O9. The Balaban J connectivity index is 1.58. The van der Waals surface area contributed by atoms with Gasteiger partial charge in [-0.05, 0) is 77.3 Å². The van der Waals surface area contributed by atoms with E-state index in [0.29, 0.717) is 5.56 Å². The number of amides is 2. The molecule has 0 aliphatic heterocycles. The first-order valence-corrected chi connectivity index (χ1v) is 16.4. The van der Waals surface area contributed by atoms with Crippen LogP contribution in [0.1, 0.15) is 64.7 Å². The summed E-state index contributed by atoms with van der Waals surface area (Å²) in [7, 11) is 0. The van der Waals surface area contributed by atoms with E-state index in [1.807, 2.05) is 60.7 Å². The molecule has 13 heteroatoms. The zero-order valence-corrected chi connectivity index (χ0v) is 29.8. The second kappa shape index (κ2) is 16.3. The number of ether oxygens (including phenoxy) is 3. The lowest BCUT2D eigenvalue weighted by atomic mass is 10.0. The maximum absolute atomic E-state index is 13.7. The number of alkyl carbamates (subject to hydrolysis) is 1. The summed E-state index contributed by atoms with van der Waals surface area (Å²) in [5, 5.41) is 8.33. The van der Waals surface area contributed by atoms with Crippen molar-refractivity contribution in [2.75, 3.05) is 10.6 Å². The fraction of sp³-hybridized carbons (Fsp3) is 0.368. The van der Waals surface area contributed by atoms with Gasteiger partial charge in [-0.1, -0.05) is 60.7 Å². The average molecular weight is 701 g/mol. The molecule has 0 saturated heterocycles. The van der Waals surface area contributed by atoms with Crippen LogP contribution >= 0.6 is 0 Å². The van der Waals surface area contributed by atoms with E-state index >= 15 is 0 Å². The molecule has 3 aromatic carbocycles. The van der Waals surface area contributed by atoms with E-state index in [0.717, 1.165) is 11.1 Å². The third kappa shape index (κ3) is 12.0. The molecule has 3 N–H and O–H groups in total. The Hall–Kier alpha value is -5.72. The van der Waals surface area contributed by atoms with Crippen LogP contribution in [0.4, 0.5) is 16.5 Å². The van der Waals surface area contributed by atoms with Crippen LogP contribution in [-0.2, 0) is 41.6 Å². The summed E-state index contributed by atoms with van der Waals surface area (Å²) in [4.78, 5) is 69.8. The molecule has 0 fully saturated rings. The maximum Gasteiger partial charge on any atom is 0.408 e. The first-order chi connectivity index (χ1) is 24.0. The number of hydrogen-bond acceptors (Lipinski definition) is 11. The van der Waals surface area contributed by atoms with Gasteiger partial charge in [0.2, 0.25) is 5.91 Å². The van der Waals surface area contributed by atoms with Crippen molar-refractivity contribution >= 4 is 46.5 Å². The van der Waals surface area contributed by atoms with E-state index in [2.05, 4.69) is 20.9 Å². The molecule has 13 nitrogen and oxygen atoms in total. The molecule has 0 aliphatic rings. The van der Waals surface area contributed by atoms with Gasteiger partial charge in [-0.15, -0.1) is 0 Å². The van der Waals surface area contributed by atoms with Crippen LogP contribution in [0.5, 0.6) is 0 Å². The predicted octanol–water partition coefficient (Wildman–Crippen LogP) is 5.83. The molecule has 1 unspecified atom stereocenters. The molecule has 4 rings (SSSR count). The number of nitrogens with one attached hydrogen (secondary N) is 3. The summed E-state index contributed by atoms with van der Waals surface area (Å²) in [5.41, 5.74) is 0.0141. The Morgan fingerprint density at radius 3 is 2.04 bits per heavy atom. The van der Waals surface area contributed by atoms with Crippen LogP contribution in [-0.4, -0.2) is 52.2 Å². The Bertz CT molecular complexity index is 1910. The van der Waals surface area contributed by atoms with Crippen molar-refractivity contribution in [3.63, 3.8) is 0 Å². The van der Waals surface area contributed by atoms with Crippen LogP contribution < -0.4 is 21.6 Å². The van der Waals surface area contributed by atoms with E-state index in [1.54, 1.807) is 54.5 Å². The van der Waals surface area contributed by atoms with Crippen molar-refractivity contribution in [1.29, 1.82) is 0 Å². The highest BCUT2D eigenvalue weighted by Crippen LogP contribution is 2.23. The van der Waals surface area contributed by atoms with Crippen LogP contribution in [0.25, 0.3) is 10.9 Å². The number of nitrogens with zero attached hydrogens (tertiary/aromatic N) is 1. The molecule has 51 heavy (non-hydrogen) atoms. The van der Waals surface area contributed by atoms with Crippen LogP contribution in [0, 0.1) is 6.92 Å². The molecule has 2 amide bonds. The lowest BCUT2D eigenvalue weighted by Crippen LogP contribution is -2.45. The first-order valence-electron chi connectivity index (χ1n) is 16.4. The molecule has 0 saturated carbocycles. The predicted molar refractivity (Wildman–Crippen MR) is 191 cm³/mol. The zero-order chi connectivity index (χ0) is 37.3. The topological polar surface area (TPSA) is 175 Å². The van der Waals surface area contributed by atoms with Crippen molar-refractivity contribution in [1.82, 2.24) is 10.3 Å². The van der Waals surface area contributed by atoms with Crippen molar-refractivity contribution < 1.29 is 37.8 Å². The van der Waals surface area contributed by atoms with Crippen LogP contribution in [0.3, 0.4) is 0 Å². The summed E-state index contributed by atoms with van der Waals surface area (Å²) in [6.45, 7) is 11.8. The first kappa shape index (κ1) is 38.1. The Morgan fingerprint density at radius 2 is 1.43 bits per heavy atom. The number of anilines is 2. The fourth-order valence-electron chi connectivity index (χ4n) is 4.99. The molecule has 270 valence electrons. The largest absolute Gasteiger partial charge is 0.460 e. The molecule has 0 aliphatic carbocycles. The fourth-order valence-corrected chi connectivity index (χ4v) is 4.99. The van der Waals surface area contributed by atoms with Gasteiger partial charge in [-0.2, -0.15) is 4.98 Å². The summed E-state index contributed by atoms with van der Waals surface area (Å²) in [5.74, 6) is -2.01. The lowest BCUT2D eigenvalue weighted by molar-refractivity contribution is -0.163. The van der Waals surface area contributed by atoms with Gasteiger partial charge in [0.1, 0.15) is 29.9 Å². The molecule has 4 aromatic rings. The van der Waals surface area contributed by atoms with E-state index < -0.39 is 59.3 Å². The summed E-state index contributed by atoms with van der Waals surface area (Å²) >= 11 is 0. The molecule has 1 heterocycles. The molecule has 2 atom stereocenters. The van der Waals surface area contributed by atoms with Gasteiger partial charge in [0, 0.05) is 12.1 Å². The molecule has 0 spiro atoms. The number of carbonyl (C=O) groups excluding carboxylic acids is 4. The zero-order valence-electron chi connectivity index (χ0n) is 29.8. The highest BCUT2D eigenvalue weighted by molar-refractivity contribution is 5.99. The lowest BCUT2D eigenvalue weighted by Gasteiger charge is -2.25. The average Bonchev–Trinajstić information content (AvgIpc) is 3.02. The maximum atomic E-state index is 13.7. The standard InChI is InChI=1S/C38H44N4O9/c1-23-18-26(39-32(44)28(19-24-14-10-8-11-15-24)42-36(47)48-22-25-16-12-9-13-17-25)20-27-31(23)34(46)49-35(40-27)41-29(33(45)51-38(5,6)7)21-30(43)50-37(2,3)4/h8-18,20,28-29H,19,21-22H2,1-7H3,(H,39,44)(H,40,41)(H,42,47)/t28-,29?/m0/s1. The second-order valence-electron chi connectivity index (χ2n) is 14.0. The second-order valence-corrected chi connectivity index (χ2v) is 14.0. The normalized spacial score (nSPS) is 12.7. The number of benzene rings is 3. The SMILES string of the molecule is Cc1cc(NC(=O)[C@H](Cc2ccccc2)NC(=O)OCc2ccccc2)cc2nc(NC(CC(=O)OC(C)(C)C)C(=O)OC(C)(C)C)oc(=O)c12. The van der Waals surface area contributed by atoms with Gasteiger partial charge in [-0.3, -0.25) is 9.59 Å². The van der Waals surface area contributed by atoms with E-state index in [9.17, 15) is 24.0 Å². The Kier molecular flexibility index (Phi) is 12.2. The minimum Gasteiger partial charge on any atom is -0.460 e.